The summed E-state index contributed by atoms with van der Waals surface area (Å²) in [6.45, 7) is 7.82. The topological polar surface area (TPSA) is 52.0 Å². The van der Waals surface area contributed by atoms with Gasteiger partial charge in [0.2, 0.25) is 0 Å². The van der Waals surface area contributed by atoms with Crippen molar-refractivity contribution in [2.75, 3.05) is 6.61 Å². The highest BCUT2D eigenvalue weighted by Crippen LogP contribution is 2.11. The Morgan fingerprint density at radius 2 is 2.05 bits per heavy atom. The minimum absolute atomic E-state index is 0.0978. The van der Waals surface area contributed by atoms with Gasteiger partial charge >= 0.3 is 0 Å². The fourth-order valence-corrected chi connectivity index (χ4v) is 1.84. The van der Waals surface area contributed by atoms with E-state index in [-0.39, 0.29) is 5.54 Å². The van der Waals surface area contributed by atoms with Crippen LogP contribution in [0, 0.1) is 0 Å². The van der Waals surface area contributed by atoms with Crippen LogP contribution in [0.15, 0.2) is 30.7 Å². The zero-order valence-electron chi connectivity index (χ0n) is 13.3. The van der Waals surface area contributed by atoms with Crippen molar-refractivity contribution < 1.29 is 4.74 Å². The molecule has 0 amide bonds. The Balaban J connectivity index is 1.77. The number of hydrogen-bond acceptors (Lipinski definition) is 4. The van der Waals surface area contributed by atoms with Gasteiger partial charge in [-0.2, -0.15) is 5.10 Å². The SMILES string of the molecule is Cn1cc(CCOc2ccc(CNC(C)(C)C)nc2)cn1. The van der Waals surface area contributed by atoms with E-state index in [1.807, 2.05) is 31.6 Å². The van der Waals surface area contributed by atoms with E-state index in [4.69, 9.17) is 4.74 Å². The molecule has 5 nitrogen and oxygen atoms in total. The summed E-state index contributed by atoms with van der Waals surface area (Å²) in [6, 6.07) is 3.97. The molecule has 0 atom stereocenters. The van der Waals surface area contributed by atoms with Gasteiger partial charge in [0.1, 0.15) is 5.75 Å². The largest absolute Gasteiger partial charge is 0.492 e. The van der Waals surface area contributed by atoms with Crippen molar-refractivity contribution in [2.45, 2.75) is 39.3 Å². The van der Waals surface area contributed by atoms with Crippen LogP contribution in [0.3, 0.4) is 0 Å². The molecule has 2 heterocycles. The summed E-state index contributed by atoms with van der Waals surface area (Å²) in [5.74, 6) is 0.804. The third-order valence-corrected chi connectivity index (χ3v) is 3.02. The van der Waals surface area contributed by atoms with Crippen LogP contribution in [0.2, 0.25) is 0 Å². The summed E-state index contributed by atoms with van der Waals surface area (Å²) in [7, 11) is 1.92. The molecule has 0 fully saturated rings. The number of hydrogen-bond donors (Lipinski definition) is 1. The Morgan fingerprint density at radius 3 is 2.62 bits per heavy atom. The van der Waals surface area contributed by atoms with E-state index in [0.29, 0.717) is 6.61 Å². The Hall–Kier alpha value is -1.88. The van der Waals surface area contributed by atoms with Crippen LogP contribution >= 0.6 is 0 Å². The first-order valence-electron chi connectivity index (χ1n) is 7.23. The van der Waals surface area contributed by atoms with E-state index in [1.54, 1.807) is 10.9 Å². The standard InChI is InChI=1S/C16H24N4O/c1-16(2,3)18-10-14-5-6-15(11-17-14)21-8-7-13-9-19-20(4)12-13/h5-6,9,11-12,18H,7-8,10H2,1-4H3. The van der Waals surface area contributed by atoms with Crippen LogP contribution in [0.5, 0.6) is 5.75 Å². The van der Waals surface area contributed by atoms with Gasteiger partial charge in [-0.1, -0.05) is 0 Å². The smallest absolute Gasteiger partial charge is 0.137 e. The highest BCUT2D eigenvalue weighted by atomic mass is 16.5. The molecule has 21 heavy (non-hydrogen) atoms. The maximum Gasteiger partial charge on any atom is 0.137 e. The molecular formula is C16H24N4O. The summed E-state index contributed by atoms with van der Waals surface area (Å²) in [5.41, 5.74) is 2.29. The number of nitrogens with one attached hydrogen (secondary N) is 1. The molecule has 5 heteroatoms. The van der Waals surface area contributed by atoms with Gasteiger partial charge in [0.25, 0.3) is 0 Å². The van der Waals surface area contributed by atoms with Crippen molar-refractivity contribution in [3.8, 4) is 5.75 Å². The average Bonchev–Trinajstić information content (AvgIpc) is 2.83. The van der Waals surface area contributed by atoms with Crippen molar-refractivity contribution in [1.29, 1.82) is 0 Å². The molecule has 0 radical (unpaired) electrons. The van der Waals surface area contributed by atoms with Gasteiger partial charge in [-0.15, -0.1) is 0 Å². The predicted molar refractivity (Wildman–Crippen MR) is 83.2 cm³/mol. The van der Waals surface area contributed by atoms with E-state index >= 15 is 0 Å². The number of aryl methyl sites for hydroxylation is 1. The number of aromatic nitrogens is 3. The van der Waals surface area contributed by atoms with E-state index in [2.05, 4.69) is 36.2 Å². The van der Waals surface area contributed by atoms with Crippen LogP contribution in [0.4, 0.5) is 0 Å². The molecule has 0 aromatic carbocycles. The van der Waals surface area contributed by atoms with E-state index in [0.717, 1.165) is 24.4 Å². The summed E-state index contributed by atoms with van der Waals surface area (Å²) >= 11 is 0. The van der Waals surface area contributed by atoms with E-state index < -0.39 is 0 Å². The van der Waals surface area contributed by atoms with Gasteiger partial charge < -0.3 is 10.1 Å². The molecule has 0 saturated heterocycles. The number of pyridine rings is 1. The van der Waals surface area contributed by atoms with Crippen LogP contribution < -0.4 is 10.1 Å². The Morgan fingerprint density at radius 1 is 1.24 bits per heavy atom. The molecule has 0 aliphatic carbocycles. The van der Waals surface area contributed by atoms with E-state index in [9.17, 15) is 0 Å². The molecule has 114 valence electrons. The molecule has 0 spiro atoms. The van der Waals surface area contributed by atoms with Crippen LogP contribution in [-0.2, 0) is 20.0 Å². The summed E-state index contributed by atoms with van der Waals surface area (Å²) in [5, 5.41) is 7.55. The van der Waals surface area contributed by atoms with Gasteiger partial charge in [0, 0.05) is 31.7 Å². The third-order valence-electron chi connectivity index (χ3n) is 3.02. The summed E-state index contributed by atoms with van der Waals surface area (Å²) < 4.78 is 7.50. The van der Waals surface area contributed by atoms with Crippen LogP contribution in [0.25, 0.3) is 0 Å². The molecule has 2 aromatic heterocycles. The highest BCUT2D eigenvalue weighted by molar-refractivity contribution is 5.20. The molecule has 0 unspecified atom stereocenters. The summed E-state index contributed by atoms with van der Waals surface area (Å²) in [6.07, 6.45) is 6.50. The molecule has 1 N–H and O–H groups in total. The lowest BCUT2D eigenvalue weighted by Crippen LogP contribution is -2.35. The van der Waals surface area contributed by atoms with Crippen LogP contribution in [-0.4, -0.2) is 26.9 Å². The van der Waals surface area contributed by atoms with Crippen molar-refractivity contribution in [1.82, 2.24) is 20.1 Å². The minimum atomic E-state index is 0.0978. The van der Waals surface area contributed by atoms with Gasteiger partial charge in [-0.25, -0.2) is 0 Å². The molecular weight excluding hydrogens is 264 g/mol. The molecule has 0 bridgehead atoms. The Kier molecular flexibility index (Phi) is 4.96. The number of ether oxygens (including phenoxy) is 1. The Labute approximate surface area is 126 Å². The first-order valence-corrected chi connectivity index (χ1v) is 7.23. The lowest BCUT2D eigenvalue weighted by Gasteiger charge is -2.20. The normalized spacial score (nSPS) is 11.6. The van der Waals surface area contributed by atoms with Crippen LogP contribution in [0.1, 0.15) is 32.0 Å². The monoisotopic (exact) mass is 288 g/mol. The second-order valence-electron chi connectivity index (χ2n) is 6.21. The van der Waals surface area contributed by atoms with E-state index in [1.165, 1.54) is 5.56 Å². The average molecular weight is 288 g/mol. The lowest BCUT2D eigenvalue weighted by atomic mass is 10.1. The van der Waals surface area contributed by atoms with Gasteiger partial charge in [-0.3, -0.25) is 9.67 Å². The molecule has 0 saturated carbocycles. The van der Waals surface area contributed by atoms with Gasteiger partial charge in [0.15, 0.2) is 0 Å². The maximum atomic E-state index is 5.70. The summed E-state index contributed by atoms with van der Waals surface area (Å²) in [4.78, 5) is 4.41. The zero-order chi connectivity index (χ0) is 15.3. The maximum absolute atomic E-state index is 5.70. The number of rotatable bonds is 6. The van der Waals surface area contributed by atoms with Gasteiger partial charge in [-0.05, 0) is 38.5 Å². The zero-order valence-corrected chi connectivity index (χ0v) is 13.3. The minimum Gasteiger partial charge on any atom is -0.492 e. The first kappa shape index (κ1) is 15.5. The van der Waals surface area contributed by atoms with Gasteiger partial charge in [0.05, 0.1) is 24.7 Å². The molecule has 0 aliphatic heterocycles. The molecule has 2 aromatic rings. The van der Waals surface area contributed by atoms with Crippen molar-refractivity contribution >= 4 is 0 Å². The predicted octanol–water partition coefficient (Wildman–Crippen LogP) is 2.32. The second kappa shape index (κ2) is 6.72. The van der Waals surface area contributed by atoms with Crippen molar-refractivity contribution in [3.05, 3.63) is 42.0 Å². The lowest BCUT2D eigenvalue weighted by molar-refractivity contribution is 0.320. The second-order valence-corrected chi connectivity index (χ2v) is 6.21. The number of nitrogens with zero attached hydrogens (tertiary/aromatic N) is 3. The molecule has 0 aliphatic rings. The van der Waals surface area contributed by atoms with Crippen molar-refractivity contribution in [3.63, 3.8) is 0 Å². The highest BCUT2D eigenvalue weighted by Gasteiger charge is 2.08. The third kappa shape index (κ3) is 5.55. The fraction of sp³-hybridized carbons (Fsp3) is 0.500. The first-order chi connectivity index (χ1) is 9.92. The quantitative estimate of drug-likeness (QED) is 0.886. The molecule has 2 rings (SSSR count). The Bertz CT molecular complexity index is 554. The van der Waals surface area contributed by atoms with Crippen molar-refractivity contribution in [2.24, 2.45) is 7.05 Å². The fourth-order valence-electron chi connectivity index (χ4n) is 1.84.